The third kappa shape index (κ3) is 3.49. The number of likely N-dealkylation sites (N-methyl/N-ethyl adjacent to an activating group) is 1. The maximum Gasteiger partial charge on any atom is 0.265 e. The average molecular weight is 435 g/mol. The highest BCUT2D eigenvalue weighted by atomic mass is 32.1. The molecule has 2 aliphatic rings. The molecule has 0 aromatic heterocycles. The topological polar surface area (TPSA) is 96.0 Å². The first-order valence-corrected chi connectivity index (χ1v) is 9.70. The molecule has 0 saturated carbocycles. The number of thiocarbonyl (C=S) groups is 1. The number of hydrogen-bond acceptors (Lipinski definition) is 6. The predicted octanol–water partition coefficient (Wildman–Crippen LogP) is 1.75. The standard InChI is InChI=1S/C22H17N3O5S/c1-24-19(27)16(18(26)23-22(24)31)10-12-7-8-17(30-2)13(9-12)11-25-20(28)14-5-3-4-6-15(14)21(25)29/h3-10H,11H2,1-2H3,(H,23,26,31). The van der Waals surface area contributed by atoms with E-state index in [1.54, 1.807) is 42.5 Å². The van der Waals surface area contributed by atoms with E-state index < -0.39 is 11.8 Å². The largest absolute Gasteiger partial charge is 0.496 e. The van der Waals surface area contributed by atoms with Crippen molar-refractivity contribution in [3.05, 3.63) is 70.3 Å². The maximum atomic E-state index is 12.7. The van der Waals surface area contributed by atoms with Crippen LogP contribution >= 0.6 is 12.2 Å². The summed E-state index contributed by atoms with van der Waals surface area (Å²) in [7, 11) is 2.95. The van der Waals surface area contributed by atoms with E-state index in [9.17, 15) is 19.2 Å². The van der Waals surface area contributed by atoms with E-state index in [2.05, 4.69) is 5.32 Å². The van der Waals surface area contributed by atoms with Crippen molar-refractivity contribution in [2.45, 2.75) is 6.54 Å². The molecule has 0 radical (unpaired) electrons. The van der Waals surface area contributed by atoms with Crippen LogP contribution < -0.4 is 10.1 Å². The van der Waals surface area contributed by atoms with Gasteiger partial charge < -0.3 is 4.74 Å². The molecular weight excluding hydrogens is 418 g/mol. The fourth-order valence-corrected chi connectivity index (χ4v) is 3.65. The van der Waals surface area contributed by atoms with Crippen LogP contribution in [-0.2, 0) is 16.1 Å². The average Bonchev–Trinajstić information content (AvgIpc) is 3.00. The van der Waals surface area contributed by atoms with Crippen LogP contribution in [0.4, 0.5) is 0 Å². The minimum absolute atomic E-state index is 0.0172. The number of rotatable bonds is 4. The van der Waals surface area contributed by atoms with Gasteiger partial charge in [0.15, 0.2) is 5.11 Å². The number of methoxy groups -OCH3 is 1. The molecule has 2 aromatic rings. The van der Waals surface area contributed by atoms with Crippen LogP contribution in [-0.4, -0.2) is 52.7 Å². The van der Waals surface area contributed by atoms with Gasteiger partial charge in [0.1, 0.15) is 11.3 Å². The molecule has 1 N–H and O–H groups in total. The molecular formula is C22H17N3O5S. The summed E-state index contributed by atoms with van der Waals surface area (Å²) in [6.07, 6.45) is 1.43. The Morgan fingerprint density at radius 1 is 1.00 bits per heavy atom. The summed E-state index contributed by atoms with van der Waals surface area (Å²) in [5.74, 6) is -1.42. The second-order valence-corrected chi connectivity index (χ2v) is 7.38. The van der Waals surface area contributed by atoms with Gasteiger partial charge in [-0.25, -0.2) is 0 Å². The second kappa shape index (κ2) is 7.77. The third-order valence-corrected chi connectivity index (χ3v) is 5.50. The molecule has 2 aliphatic heterocycles. The van der Waals surface area contributed by atoms with Crippen molar-refractivity contribution >= 4 is 47.0 Å². The summed E-state index contributed by atoms with van der Waals surface area (Å²) in [6.45, 7) is -0.0172. The van der Waals surface area contributed by atoms with Crippen LogP contribution in [0.1, 0.15) is 31.8 Å². The molecule has 0 aliphatic carbocycles. The van der Waals surface area contributed by atoms with Crippen molar-refractivity contribution in [3.63, 3.8) is 0 Å². The lowest BCUT2D eigenvalue weighted by Crippen LogP contribution is -2.52. The summed E-state index contributed by atoms with van der Waals surface area (Å²) in [5.41, 5.74) is 1.72. The van der Waals surface area contributed by atoms with Gasteiger partial charge in [0, 0.05) is 12.6 Å². The summed E-state index contributed by atoms with van der Waals surface area (Å²) in [5, 5.41) is 2.49. The van der Waals surface area contributed by atoms with E-state index in [0.29, 0.717) is 28.0 Å². The Labute approximate surface area is 183 Å². The Bertz CT molecular complexity index is 1170. The SMILES string of the molecule is COc1ccc(C=C2C(=O)NC(=S)N(C)C2=O)cc1CN1C(=O)c2ccccc2C1=O. The zero-order valence-electron chi connectivity index (χ0n) is 16.7. The normalized spacial score (nSPS) is 17.4. The minimum Gasteiger partial charge on any atom is -0.496 e. The lowest BCUT2D eigenvalue weighted by atomic mass is 10.0. The highest BCUT2D eigenvalue weighted by Gasteiger charge is 2.35. The van der Waals surface area contributed by atoms with Crippen LogP contribution in [0.3, 0.4) is 0 Å². The fraction of sp³-hybridized carbons (Fsp3) is 0.136. The van der Waals surface area contributed by atoms with Crippen LogP contribution in [0.5, 0.6) is 5.75 Å². The Balaban J connectivity index is 1.67. The van der Waals surface area contributed by atoms with Crippen molar-refractivity contribution in [2.24, 2.45) is 0 Å². The molecule has 0 atom stereocenters. The summed E-state index contributed by atoms with van der Waals surface area (Å²) in [6, 6.07) is 11.6. The highest BCUT2D eigenvalue weighted by molar-refractivity contribution is 7.80. The molecule has 0 spiro atoms. The van der Waals surface area contributed by atoms with Gasteiger partial charge in [-0.3, -0.25) is 34.3 Å². The van der Waals surface area contributed by atoms with Gasteiger partial charge in [-0.1, -0.05) is 18.2 Å². The van der Waals surface area contributed by atoms with E-state index in [4.69, 9.17) is 17.0 Å². The van der Waals surface area contributed by atoms with E-state index in [0.717, 1.165) is 4.90 Å². The van der Waals surface area contributed by atoms with Crippen LogP contribution in [0.25, 0.3) is 6.08 Å². The molecule has 2 aromatic carbocycles. The number of nitrogens with one attached hydrogen (secondary N) is 1. The van der Waals surface area contributed by atoms with Gasteiger partial charge in [-0.05, 0) is 48.1 Å². The fourth-order valence-electron chi connectivity index (χ4n) is 3.48. The molecule has 0 bridgehead atoms. The molecule has 9 heteroatoms. The summed E-state index contributed by atoms with van der Waals surface area (Å²) < 4.78 is 5.38. The predicted molar refractivity (Wildman–Crippen MR) is 115 cm³/mol. The lowest BCUT2D eigenvalue weighted by Gasteiger charge is -2.25. The van der Waals surface area contributed by atoms with Gasteiger partial charge in [0.25, 0.3) is 23.6 Å². The molecule has 156 valence electrons. The van der Waals surface area contributed by atoms with Gasteiger partial charge in [-0.2, -0.15) is 0 Å². The second-order valence-electron chi connectivity index (χ2n) is 6.99. The van der Waals surface area contributed by atoms with Gasteiger partial charge in [0.05, 0.1) is 24.8 Å². The highest BCUT2D eigenvalue weighted by Crippen LogP contribution is 2.28. The first kappa shape index (κ1) is 20.4. The Morgan fingerprint density at radius 3 is 2.26 bits per heavy atom. The minimum atomic E-state index is -0.592. The molecule has 4 amide bonds. The zero-order chi connectivity index (χ0) is 22.3. The molecule has 8 nitrogen and oxygen atoms in total. The number of imide groups is 1. The first-order valence-electron chi connectivity index (χ1n) is 9.29. The Morgan fingerprint density at radius 2 is 1.65 bits per heavy atom. The van der Waals surface area contributed by atoms with Crippen molar-refractivity contribution in [1.82, 2.24) is 15.1 Å². The van der Waals surface area contributed by atoms with E-state index in [1.165, 1.54) is 25.1 Å². The first-order chi connectivity index (χ1) is 14.8. The molecule has 1 fully saturated rings. The van der Waals surface area contributed by atoms with Crippen LogP contribution in [0.15, 0.2) is 48.0 Å². The number of nitrogens with zero attached hydrogens (tertiary/aromatic N) is 2. The molecule has 0 unspecified atom stereocenters. The summed E-state index contributed by atoms with van der Waals surface area (Å²) >= 11 is 4.95. The zero-order valence-corrected chi connectivity index (χ0v) is 17.5. The monoisotopic (exact) mass is 435 g/mol. The maximum absolute atomic E-state index is 12.7. The lowest BCUT2D eigenvalue weighted by molar-refractivity contribution is -0.128. The van der Waals surface area contributed by atoms with Crippen molar-refractivity contribution < 1.29 is 23.9 Å². The van der Waals surface area contributed by atoms with E-state index in [-0.39, 0.29) is 29.0 Å². The van der Waals surface area contributed by atoms with E-state index >= 15 is 0 Å². The Kier molecular flexibility index (Phi) is 5.12. The number of hydrogen-bond donors (Lipinski definition) is 1. The van der Waals surface area contributed by atoms with Gasteiger partial charge in [0.2, 0.25) is 0 Å². The number of amides is 4. The summed E-state index contributed by atoms with van der Waals surface area (Å²) in [4.78, 5) is 52.4. The molecule has 2 heterocycles. The number of carbonyl (C=O) groups is 4. The smallest absolute Gasteiger partial charge is 0.265 e. The van der Waals surface area contributed by atoms with Crippen molar-refractivity contribution in [1.29, 1.82) is 0 Å². The van der Waals surface area contributed by atoms with Crippen molar-refractivity contribution in [3.8, 4) is 5.75 Å². The van der Waals surface area contributed by atoms with Gasteiger partial charge in [-0.15, -0.1) is 0 Å². The molecule has 1 saturated heterocycles. The quantitative estimate of drug-likeness (QED) is 0.340. The van der Waals surface area contributed by atoms with Crippen LogP contribution in [0, 0.1) is 0 Å². The van der Waals surface area contributed by atoms with Gasteiger partial charge >= 0.3 is 0 Å². The Hall–Kier alpha value is -3.85. The molecule has 4 rings (SSSR count). The van der Waals surface area contributed by atoms with Crippen molar-refractivity contribution in [2.75, 3.05) is 14.2 Å². The number of benzene rings is 2. The third-order valence-electron chi connectivity index (χ3n) is 5.13. The number of carbonyl (C=O) groups excluding carboxylic acids is 4. The van der Waals surface area contributed by atoms with Crippen LogP contribution in [0.2, 0.25) is 0 Å². The number of ether oxygens (including phenoxy) is 1. The molecule has 31 heavy (non-hydrogen) atoms. The number of fused-ring (bicyclic) bond motifs is 1. The van der Waals surface area contributed by atoms with E-state index in [1.807, 2.05) is 0 Å².